The Balaban J connectivity index is 0.922. The number of nitrogens with one attached hydrogen (secondary N) is 1. The standard InChI is InChI=1S/C57H40N2O/c1-57(2)51-17-8-6-13-45(51)48-34-50-49-33-40(25-32-53(49)58-54(50)35-52(48)57)38-21-28-42(29-22-38)59(41-26-19-37(20-27-41)36-11-4-3-5-12-36)43-30-23-39(24-31-43)44-15-10-16-47-46-14-7-9-18-55(46)60-56(44)47/h3-35,58H,1-2H3. The number of aromatic amines is 1. The summed E-state index contributed by atoms with van der Waals surface area (Å²) >= 11 is 0. The SMILES string of the molecule is CC1(C)c2ccccc2-c2cc3c(cc21)[nH]c1ccc(-c2ccc(N(c4ccc(-c5ccccc5)cc4)c4ccc(-c5cccc6c5oc5ccccc56)cc4)cc2)cc13. The lowest BCUT2D eigenvalue weighted by Gasteiger charge is -2.26. The third-order valence-electron chi connectivity index (χ3n) is 12.8. The van der Waals surface area contributed by atoms with Gasteiger partial charge in [-0.2, -0.15) is 0 Å². The van der Waals surface area contributed by atoms with Crippen molar-refractivity contribution in [3.05, 3.63) is 211 Å². The lowest BCUT2D eigenvalue weighted by Crippen LogP contribution is -2.14. The summed E-state index contributed by atoms with van der Waals surface area (Å²) < 4.78 is 6.42. The zero-order valence-electron chi connectivity index (χ0n) is 33.4. The highest BCUT2D eigenvalue weighted by atomic mass is 16.3. The number of anilines is 3. The van der Waals surface area contributed by atoms with Crippen LogP contribution >= 0.6 is 0 Å². The third-order valence-corrected chi connectivity index (χ3v) is 12.8. The Bertz CT molecular complexity index is 3420. The topological polar surface area (TPSA) is 32.2 Å². The molecule has 0 unspecified atom stereocenters. The van der Waals surface area contributed by atoms with Gasteiger partial charge in [0.15, 0.2) is 0 Å². The summed E-state index contributed by atoms with van der Waals surface area (Å²) in [6.45, 7) is 4.68. The molecule has 2 aromatic heterocycles. The van der Waals surface area contributed by atoms with E-state index in [9.17, 15) is 0 Å². The average molecular weight is 769 g/mol. The highest BCUT2D eigenvalue weighted by Gasteiger charge is 2.35. The Hall–Kier alpha value is -7.62. The maximum atomic E-state index is 6.42. The molecule has 60 heavy (non-hydrogen) atoms. The minimum atomic E-state index is -0.0335. The highest BCUT2D eigenvalue weighted by Crippen LogP contribution is 2.50. The van der Waals surface area contributed by atoms with Crippen molar-refractivity contribution in [2.45, 2.75) is 19.3 Å². The molecule has 3 heteroatoms. The van der Waals surface area contributed by atoms with Crippen molar-refractivity contribution in [2.24, 2.45) is 0 Å². The average Bonchev–Trinajstić information content (AvgIpc) is 3.94. The van der Waals surface area contributed by atoms with Crippen LogP contribution in [-0.4, -0.2) is 4.98 Å². The Morgan fingerprint density at radius 1 is 0.383 bits per heavy atom. The van der Waals surface area contributed by atoms with E-state index in [0.717, 1.165) is 55.6 Å². The van der Waals surface area contributed by atoms with Crippen LogP contribution in [-0.2, 0) is 5.41 Å². The number of rotatable bonds is 6. The second kappa shape index (κ2) is 13.2. The van der Waals surface area contributed by atoms with Gasteiger partial charge >= 0.3 is 0 Å². The van der Waals surface area contributed by atoms with Crippen LogP contribution in [0.1, 0.15) is 25.0 Å². The first-order valence-electron chi connectivity index (χ1n) is 20.7. The first-order chi connectivity index (χ1) is 29.5. The van der Waals surface area contributed by atoms with Crippen molar-refractivity contribution < 1.29 is 4.42 Å². The Morgan fingerprint density at radius 3 is 1.70 bits per heavy atom. The highest BCUT2D eigenvalue weighted by molar-refractivity contribution is 6.11. The number of hydrogen-bond acceptors (Lipinski definition) is 2. The van der Waals surface area contributed by atoms with Crippen LogP contribution < -0.4 is 4.90 Å². The summed E-state index contributed by atoms with van der Waals surface area (Å²) in [6.07, 6.45) is 0. The maximum absolute atomic E-state index is 6.42. The predicted octanol–water partition coefficient (Wildman–Crippen LogP) is 16.0. The molecule has 0 amide bonds. The Kier molecular flexibility index (Phi) is 7.58. The van der Waals surface area contributed by atoms with Crippen LogP contribution in [0.15, 0.2) is 205 Å². The molecule has 0 aliphatic heterocycles. The minimum Gasteiger partial charge on any atom is -0.455 e. The smallest absolute Gasteiger partial charge is 0.143 e. The molecule has 1 N–H and O–H groups in total. The normalized spacial score (nSPS) is 13.0. The van der Waals surface area contributed by atoms with E-state index in [1.165, 1.54) is 60.8 Å². The maximum Gasteiger partial charge on any atom is 0.143 e. The van der Waals surface area contributed by atoms with E-state index < -0.39 is 0 Å². The van der Waals surface area contributed by atoms with Gasteiger partial charge in [0.25, 0.3) is 0 Å². The van der Waals surface area contributed by atoms with Gasteiger partial charge in [-0.3, -0.25) is 0 Å². The van der Waals surface area contributed by atoms with Crippen LogP contribution in [0.3, 0.4) is 0 Å². The molecule has 3 nitrogen and oxygen atoms in total. The van der Waals surface area contributed by atoms with Gasteiger partial charge in [-0.15, -0.1) is 0 Å². The summed E-state index contributed by atoms with van der Waals surface area (Å²) in [5.74, 6) is 0. The van der Waals surface area contributed by atoms with Gasteiger partial charge in [0, 0.05) is 60.6 Å². The van der Waals surface area contributed by atoms with Crippen LogP contribution in [0.5, 0.6) is 0 Å². The van der Waals surface area contributed by atoms with Crippen molar-refractivity contribution >= 4 is 60.8 Å². The van der Waals surface area contributed by atoms with E-state index in [0.29, 0.717) is 0 Å². The molecule has 0 fully saturated rings. The second-order valence-electron chi connectivity index (χ2n) is 16.6. The van der Waals surface area contributed by atoms with Crippen molar-refractivity contribution in [3.8, 4) is 44.5 Å². The molecular formula is C57H40N2O. The first-order valence-corrected chi connectivity index (χ1v) is 20.7. The van der Waals surface area contributed by atoms with Crippen molar-refractivity contribution in [2.75, 3.05) is 4.90 Å². The number of benzene rings is 9. The summed E-state index contributed by atoms with van der Waals surface area (Å²) in [4.78, 5) is 6.08. The quantitative estimate of drug-likeness (QED) is 0.183. The molecule has 0 bridgehead atoms. The molecule has 1 aliphatic rings. The van der Waals surface area contributed by atoms with Gasteiger partial charge in [0.1, 0.15) is 11.2 Å². The van der Waals surface area contributed by atoms with E-state index in [-0.39, 0.29) is 5.41 Å². The van der Waals surface area contributed by atoms with E-state index in [1.54, 1.807) is 0 Å². The summed E-state index contributed by atoms with van der Waals surface area (Å²) in [6, 6.07) is 72.5. The van der Waals surface area contributed by atoms with Gasteiger partial charge in [0.05, 0.1) is 0 Å². The van der Waals surface area contributed by atoms with Crippen LogP contribution in [0.25, 0.3) is 88.3 Å². The summed E-state index contributed by atoms with van der Waals surface area (Å²) in [7, 11) is 0. The lowest BCUT2D eigenvalue weighted by molar-refractivity contribution is 0.661. The van der Waals surface area contributed by atoms with Crippen LogP contribution in [0.2, 0.25) is 0 Å². The molecule has 2 heterocycles. The fourth-order valence-corrected chi connectivity index (χ4v) is 9.72. The molecule has 11 aromatic rings. The Labute approximate surface area is 348 Å². The molecule has 0 atom stereocenters. The molecule has 0 saturated carbocycles. The lowest BCUT2D eigenvalue weighted by atomic mass is 9.82. The molecule has 12 rings (SSSR count). The van der Waals surface area contributed by atoms with Gasteiger partial charge in [-0.05, 0) is 117 Å². The zero-order chi connectivity index (χ0) is 40.0. The number of furan rings is 1. The van der Waals surface area contributed by atoms with E-state index >= 15 is 0 Å². The molecule has 1 aliphatic carbocycles. The minimum absolute atomic E-state index is 0.0335. The van der Waals surface area contributed by atoms with Gasteiger partial charge in [-0.1, -0.05) is 147 Å². The Morgan fingerprint density at radius 2 is 0.950 bits per heavy atom. The number of fused-ring (bicyclic) bond motifs is 9. The zero-order valence-corrected chi connectivity index (χ0v) is 33.4. The summed E-state index contributed by atoms with van der Waals surface area (Å²) in [5, 5.41) is 4.78. The number of nitrogens with zero attached hydrogens (tertiary/aromatic N) is 1. The molecule has 0 saturated heterocycles. The van der Waals surface area contributed by atoms with E-state index in [2.05, 4.69) is 212 Å². The van der Waals surface area contributed by atoms with Crippen molar-refractivity contribution in [1.29, 1.82) is 0 Å². The van der Waals surface area contributed by atoms with E-state index in [1.807, 2.05) is 12.1 Å². The fourth-order valence-electron chi connectivity index (χ4n) is 9.72. The molecule has 9 aromatic carbocycles. The second-order valence-corrected chi connectivity index (χ2v) is 16.6. The number of para-hydroxylation sites is 2. The molecular weight excluding hydrogens is 729 g/mol. The predicted molar refractivity (Wildman–Crippen MR) is 252 cm³/mol. The van der Waals surface area contributed by atoms with Crippen molar-refractivity contribution in [1.82, 2.24) is 4.98 Å². The number of hydrogen-bond donors (Lipinski definition) is 1. The summed E-state index contributed by atoms with van der Waals surface area (Å²) in [5.41, 5.74) is 19.8. The first kappa shape index (κ1) is 34.4. The van der Waals surface area contributed by atoms with Gasteiger partial charge < -0.3 is 14.3 Å². The molecule has 0 radical (unpaired) electrons. The number of H-pyrrole nitrogens is 1. The monoisotopic (exact) mass is 768 g/mol. The molecule has 284 valence electrons. The number of aromatic nitrogens is 1. The molecule has 0 spiro atoms. The van der Waals surface area contributed by atoms with Gasteiger partial charge in [-0.25, -0.2) is 0 Å². The van der Waals surface area contributed by atoms with Crippen LogP contribution in [0, 0.1) is 0 Å². The van der Waals surface area contributed by atoms with E-state index in [4.69, 9.17) is 4.42 Å². The van der Waals surface area contributed by atoms with Gasteiger partial charge in [0.2, 0.25) is 0 Å². The van der Waals surface area contributed by atoms with Crippen molar-refractivity contribution in [3.63, 3.8) is 0 Å². The fraction of sp³-hybridized carbons (Fsp3) is 0.0526. The largest absolute Gasteiger partial charge is 0.455 e. The third kappa shape index (κ3) is 5.36. The van der Waals surface area contributed by atoms with Crippen LogP contribution in [0.4, 0.5) is 17.1 Å².